The Morgan fingerprint density at radius 2 is 1.43 bits per heavy atom. The molecule has 4 rings (SSSR count). The molecule has 2 heterocycles. The monoisotopic (exact) mass is 406 g/mol. The zero-order valence-corrected chi connectivity index (χ0v) is 18.2. The van der Waals surface area contributed by atoms with Crippen molar-refractivity contribution in [1.82, 2.24) is 15.4 Å². The average molecular weight is 406 g/mol. The van der Waals surface area contributed by atoms with E-state index in [1.54, 1.807) is 21.3 Å². The van der Waals surface area contributed by atoms with Gasteiger partial charge in [-0.25, -0.2) is 9.97 Å². The Hall–Kier alpha value is -3.35. The van der Waals surface area contributed by atoms with Crippen LogP contribution in [0.25, 0.3) is 11.0 Å². The van der Waals surface area contributed by atoms with Crippen LogP contribution in [0.1, 0.15) is 40.5 Å². The third-order valence-corrected chi connectivity index (χ3v) is 5.57. The van der Waals surface area contributed by atoms with E-state index in [-0.39, 0.29) is 6.04 Å². The number of aromatic nitrogens is 2. The van der Waals surface area contributed by atoms with Gasteiger partial charge in [0.1, 0.15) is 5.69 Å². The number of rotatable bonds is 5. The molecule has 1 aliphatic rings. The molecule has 7 nitrogen and oxygen atoms in total. The molecule has 1 aromatic heterocycles. The predicted octanol–water partition coefficient (Wildman–Crippen LogP) is 4.02. The van der Waals surface area contributed by atoms with Crippen molar-refractivity contribution in [3.05, 3.63) is 52.3 Å². The lowest BCUT2D eigenvalue weighted by Crippen LogP contribution is -2.11. The molecule has 3 aromatic rings. The van der Waals surface area contributed by atoms with Crippen LogP contribution in [0.4, 0.5) is 0 Å². The van der Waals surface area contributed by atoms with Crippen LogP contribution in [0.3, 0.4) is 0 Å². The molecule has 0 bridgehead atoms. The first-order valence-electron chi connectivity index (χ1n) is 9.83. The van der Waals surface area contributed by atoms with Crippen molar-refractivity contribution in [2.45, 2.75) is 33.2 Å². The van der Waals surface area contributed by atoms with Crippen molar-refractivity contribution < 1.29 is 14.2 Å². The highest BCUT2D eigenvalue weighted by atomic mass is 16.5. The number of methoxy groups -OCH3 is 3. The van der Waals surface area contributed by atoms with Crippen LogP contribution in [-0.2, 0) is 0 Å². The molecule has 1 N–H and O–H groups in total. The fourth-order valence-corrected chi connectivity index (χ4v) is 3.76. The first-order chi connectivity index (χ1) is 14.4. The Balaban J connectivity index is 1.66. The predicted molar refractivity (Wildman–Crippen MR) is 117 cm³/mol. The van der Waals surface area contributed by atoms with Crippen LogP contribution in [0.15, 0.2) is 29.4 Å². The lowest BCUT2D eigenvalue weighted by Gasteiger charge is -2.17. The normalized spacial score (nSPS) is 15.7. The lowest BCUT2D eigenvalue weighted by atomic mass is 9.99. The van der Waals surface area contributed by atoms with Crippen LogP contribution in [0.5, 0.6) is 17.2 Å². The van der Waals surface area contributed by atoms with Gasteiger partial charge in [0, 0.05) is 6.42 Å². The molecule has 1 unspecified atom stereocenters. The number of benzene rings is 2. The van der Waals surface area contributed by atoms with E-state index in [1.807, 2.05) is 19.1 Å². The molecule has 7 heteroatoms. The SMILES string of the molecule is COc1cc(C2CC(c3nc4cc(C)c(C)cc4nc3C)=NN2)cc(OC)c1OC. The zero-order valence-electron chi connectivity index (χ0n) is 18.2. The molecule has 0 amide bonds. The average Bonchev–Trinajstić information content (AvgIpc) is 3.23. The maximum Gasteiger partial charge on any atom is 0.203 e. The molecular formula is C23H26N4O3. The van der Waals surface area contributed by atoms with Gasteiger partial charge in [-0.2, -0.15) is 5.10 Å². The minimum absolute atomic E-state index is 0.0228. The first kappa shape index (κ1) is 19.9. The van der Waals surface area contributed by atoms with Crippen molar-refractivity contribution in [3.63, 3.8) is 0 Å². The highest BCUT2D eigenvalue weighted by molar-refractivity contribution is 6.02. The molecule has 0 fully saturated rings. The van der Waals surface area contributed by atoms with E-state index in [9.17, 15) is 0 Å². The van der Waals surface area contributed by atoms with E-state index in [0.717, 1.165) is 33.7 Å². The lowest BCUT2D eigenvalue weighted by molar-refractivity contribution is 0.323. The molecule has 0 radical (unpaired) electrons. The molecule has 30 heavy (non-hydrogen) atoms. The van der Waals surface area contributed by atoms with Crippen molar-refractivity contribution in [1.29, 1.82) is 0 Å². The summed E-state index contributed by atoms with van der Waals surface area (Å²) in [5.41, 5.74) is 11.0. The van der Waals surface area contributed by atoms with Crippen LogP contribution >= 0.6 is 0 Å². The number of ether oxygens (including phenoxy) is 3. The molecule has 1 aliphatic heterocycles. The van der Waals surface area contributed by atoms with Gasteiger partial charge >= 0.3 is 0 Å². The maximum absolute atomic E-state index is 5.49. The van der Waals surface area contributed by atoms with Gasteiger partial charge in [-0.3, -0.25) is 0 Å². The van der Waals surface area contributed by atoms with Crippen LogP contribution in [-0.4, -0.2) is 37.0 Å². The Morgan fingerprint density at radius 3 is 2.00 bits per heavy atom. The molecule has 156 valence electrons. The largest absolute Gasteiger partial charge is 0.493 e. The van der Waals surface area contributed by atoms with E-state index < -0.39 is 0 Å². The Kier molecular flexibility index (Phi) is 5.20. The summed E-state index contributed by atoms with van der Waals surface area (Å²) < 4.78 is 16.4. The second-order valence-corrected chi connectivity index (χ2v) is 7.49. The van der Waals surface area contributed by atoms with E-state index in [0.29, 0.717) is 23.7 Å². The smallest absolute Gasteiger partial charge is 0.203 e. The molecule has 0 saturated heterocycles. The van der Waals surface area contributed by atoms with Gasteiger partial charge in [0.15, 0.2) is 11.5 Å². The Labute approximate surface area is 176 Å². The minimum Gasteiger partial charge on any atom is -0.493 e. The summed E-state index contributed by atoms with van der Waals surface area (Å²) in [6.07, 6.45) is 0.685. The maximum atomic E-state index is 5.49. The number of hydrazone groups is 1. The number of hydrogen-bond acceptors (Lipinski definition) is 7. The van der Waals surface area contributed by atoms with Gasteiger partial charge in [0.2, 0.25) is 5.75 Å². The first-order valence-corrected chi connectivity index (χ1v) is 9.83. The molecule has 0 saturated carbocycles. The van der Waals surface area contributed by atoms with Crippen molar-refractivity contribution in [2.24, 2.45) is 5.10 Å². The zero-order chi connectivity index (χ0) is 21.4. The fraction of sp³-hybridized carbons (Fsp3) is 0.348. The molecule has 1 atom stereocenters. The van der Waals surface area contributed by atoms with Gasteiger partial charge in [0.05, 0.1) is 49.8 Å². The number of aryl methyl sites for hydroxylation is 3. The highest BCUT2D eigenvalue weighted by Gasteiger charge is 2.26. The molecule has 0 aliphatic carbocycles. The van der Waals surface area contributed by atoms with Crippen LogP contribution < -0.4 is 19.6 Å². The number of hydrogen-bond donors (Lipinski definition) is 1. The van der Waals surface area contributed by atoms with E-state index in [4.69, 9.17) is 24.2 Å². The van der Waals surface area contributed by atoms with E-state index in [1.165, 1.54) is 11.1 Å². The topological polar surface area (TPSA) is 77.9 Å². The molecule has 2 aromatic carbocycles. The second-order valence-electron chi connectivity index (χ2n) is 7.49. The summed E-state index contributed by atoms with van der Waals surface area (Å²) in [6.45, 7) is 6.16. The van der Waals surface area contributed by atoms with Gasteiger partial charge in [0.25, 0.3) is 0 Å². The molecule has 0 spiro atoms. The van der Waals surface area contributed by atoms with Crippen LogP contribution in [0.2, 0.25) is 0 Å². The molecular weight excluding hydrogens is 380 g/mol. The second kappa shape index (κ2) is 7.82. The highest BCUT2D eigenvalue weighted by Crippen LogP contribution is 2.41. The van der Waals surface area contributed by atoms with Crippen molar-refractivity contribution in [2.75, 3.05) is 21.3 Å². The third kappa shape index (κ3) is 3.40. The van der Waals surface area contributed by atoms with Gasteiger partial charge < -0.3 is 19.6 Å². The third-order valence-electron chi connectivity index (χ3n) is 5.57. The standard InChI is InChI=1S/C23H26N4O3/c1-12-7-17-18(8-13(12)2)25-22(14(3)24-17)19-11-16(26-27-19)15-9-20(28-4)23(30-6)21(10-15)29-5/h7-10,16,26H,11H2,1-6H3. The van der Waals surface area contributed by atoms with E-state index in [2.05, 4.69) is 36.5 Å². The van der Waals surface area contributed by atoms with Gasteiger partial charge in [-0.1, -0.05) is 0 Å². The quantitative estimate of drug-likeness (QED) is 0.690. The number of nitrogens with zero attached hydrogens (tertiary/aromatic N) is 3. The minimum atomic E-state index is -0.0228. The summed E-state index contributed by atoms with van der Waals surface area (Å²) in [5.74, 6) is 1.81. The summed E-state index contributed by atoms with van der Waals surface area (Å²) >= 11 is 0. The summed E-state index contributed by atoms with van der Waals surface area (Å²) in [5, 5.41) is 4.58. The van der Waals surface area contributed by atoms with Crippen molar-refractivity contribution in [3.8, 4) is 17.2 Å². The van der Waals surface area contributed by atoms with Gasteiger partial charge in [-0.05, 0) is 61.7 Å². The van der Waals surface area contributed by atoms with E-state index >= 15 is 0 Å². The summed E-state index contributed by atoms with van der Waals surface area (Å²) in [7, 11) is 4.82. The summed E-state index contributed by atoms with van der Waals surface area (Å²) in [4.78, 5) is 9.65. The Morgan fingerprint density at radius 1 is 0.833 bits per heavy atom. The number of fused-ring (bicyclic) bond motifs is 1. The number of nitrogens with one attached hydrogen (secondary N) is 1. The van der Waals surface area contributed by atoms with Crippen LogP contribution in [0, 0.1) is 20.8 Å². The van der Waals surface area contributed by atoms with Gasteiger partial charge in [-0.15, -0.1) is 0 Å². The fourth-order valence-electron chi connectivity index (χ4n) is 3.76. The summed E-state index contributed by atoms with van der Waals surface area (Å²) in [6, 6.07) is 8.04. The van der Waals surface area contributed by atoms with Crippen molar-refractivity contribution >= 4 is 16.7 Å². The Bertz CT molecular complexity index is 1130.